The van der Waals surface area contributed by atoms with Crippen molar-refractivity contribution in [2.45, 2.75) is 32.3 Å². The molecule has 0 aliphatic heterocycles. The van der Waals surface area contributed by atoms with Crippen molar-refractivity contribution < 1.29 is 10.2 Å². The molecule has 0 aromatic carbocycles. The Kier molecular flexibility index (Phi) is 2.71. The summed E-state index contributed by atoms with van der Waals surface area (Å²) in [5.41, 5.74) is -1.06. The molecule has 2 nitrogen and oxygen atoms in total. The monoisotopic (exact) mass is 130 g/mol. The maximum Gasteiger partial charge on any atom is 0.120 e. The highest BCUT2D eigenvalue weighted by molar-refractivity contribution is 5.01. The number of aliphatic hydroxyl groups excluding tert-OH is 1. The Morgan fingerprint density at radius 3 is 1.78 bits per heavy atom. The van der Waals surface area contributed by atoms with Gasteiger partial charge in [-0.25, -0.2) is 0 Å². The minimum absolute atomic E-state index is 0.132. The Bertz CT molecular complexity index is 103. The Hall–Kier alpha value is -0.500. The Morgan fingerprint density at radius 2 is 1.78 bits per heavy atom. The fourth-order valence-electron chi connectivity index (χ4n) is 0.658. The standard InChI is InChI=1S/C7H14O2/c1-4-7(9,5-2)6(3)8/h8-9H,3-5H2,1-2H3. The van der Waals surface area contributed by atoms with E-state index in [1.165, 1.54) is 0 Å². The number of hydrogen-bond donors (Lipinski definition) is 2. The van der Waals surface area contributed by atoms with Crippen molar-refractivity contribution in [2.24, 2.45) is 0 Å². The van der Waals surface area contributed by atoms with Crippen LogP contribution in [-0.2, 0) is 0 Å². The molecule has 0 aromatic rings. The first-order chi connectivity index (χ1) is 4.06. The lowest BCUT2D eigenvalue weighted by Gasteiger charge is -2.22. The fraction of sp³-hybridized carbons (Fsp3) is 0.714. The van der Waals surface area contributed by atoms with Crippen LogP contribution in [0.2, 0.25) is 0 Å². The second kappa shape index (κ2) is 2.87. The van der Waals surface area contributed by atoms with Gasteiger partial charge in [-0.15, -0.1) is 0 Å². The van der Waals surface area contributed by atoms with E-state index in [-0.39, 0.29) is 5.76 Å². The molecule has 0 radical (unpaired) electrons. The quantitative estimate of drug-likeness (QED) is 0.570. The van der Waals surface area contributed by atoms with E-state index in [0.717, 1.165) is 0 Å². The molecule has 0 bridgehead atoms. The smallest absolute Gasteiger partial charge is 0.120 e. The largest absolute Gasteiger partial charge is 0.510 e. The van der Waals surface area contributed by atoms with Crippen molar-refractivity contribution >= 4 is 0 Å². The second-order valence-electron chi connectivity index (χ2n) is 2.19. The van der Waals surface area contributed by atoms with Gasteiger partial charge in [0.1, 0.15) is 11.4 Å². The number of aliphatic hydroxyl groups is 2. The van der Waals surface area contributed by atoms with Crippen LogP contribution in [0.1, 0.15) is 26.7 Å². The van der Waals surface area contributed by atoms with Crippen LogP contribution in [0.4, 0.5) is 0 Å². The molecule has 0 fully saturated rings. The van der Waals surface area contributed by atoms with E-state index < -0.39 is 5.60 Å². The van der Waals surface area contributed by atoms with Crippen LogP contribution in [0.5, 0.6) is 0 Å². The van der Waals surface area contributed by atoms with Gasteiger partial charge in [-0.3, -0.25) is 0 Å². The molecule has 0 saturated carbocycles. The zero-order valence-corrected chi connectivity index (χ0v) is 6.02. The molecule has 0 unspecified atom stereocenters. The lowest BCUT2D eigenvalue weighted by molar-refractivity contribution is 0.0291. The molecule has 0 atom stereocenters. The van der Waals surface area contributed by atoms with Crippen molar-refractivity contribution in [1.82, 2.24) is 0 Å². The zero-order chi connectivity index (χ0) is 7.49. The van der Waals surface area contributed by atoms with Gasteiger partial charge in [-0.1, -0.05) is 20.4 Å². The van der Waals surface area contributed by atoms with Gasteiger partial charge in [-0.05, 0) is 12.8 Å². The minimum Gasteiger partial charge on any atom is -0.510 e. The predicted molar refractivity (Wildman–Crippen MR) is 37.3 cm³/mol. The van der Waals surface area contributed by atoms with Crippen LogP contribution in [0, 0.1) is 0 Å². The summed E-state index contributed by atoms with van der Waals surface area (Å²) >= 11 is 0. The third-order valence-electron chi connectivity index (χ3n) is 1.71. The van der Waals surface area contributed by atoms with Gasteiger partial charge in [0.25, 0.3) is 0 Å². The molecule has 0 aromatic heterocycles. The van der Waals surface area contributed by atoms with Gasteiger partial charge < -0.3 is 10.2 Å². The topological polar surface area (TPSA) is 40.5 Å². The molecule has 0 aliphatic carbocycles. The molecule has 9 heavy (non-hydrogen) atoms. The van der Waals surface area contributed by atoms with Crippen LogP contribution >= 0.6 is 0 Å². The average molecular weight is 130 g/mol. The minimum atomic E-state index is -1.06. The molecule has 0 amide bonds. The molecular weight excluding hydrogens is 116 g/mol. The first-order valence-electron chi connectivity index (χ1n) is 3.17. The maximum atomic E-state index is 9.36. The highest BCUT2D eigenvalue weighted by atomic mass is 16.3. The van der Waals surface area contributed by atoms with Gasteiger partial charge in [0.15, 0.2) is 0 Å². The van der Waals surface area contributed by atoms with Crippen molar-refractivity contribution in [3.8, 4) is 0 Å². The van der Waals surface area contributed by atoms with Crippen molar-refractivity contribution in [3.63, 3.8) is 0 Å². The summed E-state index contributed by atoms with van der Waals surface area (Å²) < 4.78 is 0. The molecule has 0 aliphatic rings. The van der Waals surface area contributed by atoms with Gasteiger partial charge in [-0.2, -0.15) is 0 Å². The first-order valence-corrected chi connectivity index (χ1v) is 3.17. The van der Waals surface area contributed by atoms with Crippen LogP contribution in [-0.4, -0.2) is 15.8 Å². The molecule has 0 rings (SSSR count). The van der Waals surface area contributed by atoms with Crippen molar-refractivity contribution in [3.05, 3.63) is 12.3 Å². The maximum absolute atomic E-state index is 9.36. The summed E-state index contributed by atoms with van der Waals surface area (Å²) in [7, 11) is 0. The van der Waals surface area contributed by atoms with Crippen LogP contribution in [0.15, 0.2) is 12.3 Å². The predicted octanol–water partition coefficient (Wildman–Crippen LogP) is 1.61. The van der Waals surface area contributed by atoms with Gasteiger partial charge in [0.2, 0.25) is 0 Å². The van der Waals surface area contributed by atoms with Crippen LogP contribution < -0.4 is 0 Å². The lowest BCUT2D eigenvalue weighted by Crippen LogP contribution is -2.28. The van der Waals surface area contributed by atoms with Gasteiger partial charge in [0, 0.05) is 0 Å². The lowest BCUT2D eigenvalue weighted by atomic mass is 9.96. The van der Waals surface area contributed by atoms with Crippen LogP contribution in [0.3, 0.4) is 0 Å². The summed E-state index contributed by atoms with van der Waals surface area (Å²) in [6, 6.07) is 0. The molecule has 0 heterocycles. The summed E-state index contributed by atoms with van der Waals surface area (Å²) in [4.78, 5) is 0. The summed E-state index contributed by atoms with van der Waals surface area (Å²) in [6.45, 7) is 6.90. The van der Waals surface area contributed by atoms with E-state index >= 15 is 0 Å². The Labute approximate surface area is 55.8 Å². The summed E-state index contributed by atoms with van der Waals surface area (Å²) in [5, 5.41) is 18.2. The van der Waals surface area contributed by atoms with Gasteiger partial charge >= 0.3 is 0 Å². The van der Waals surface area contributed by atoms with Crippen molar-refractivity contribution in [2.75, 3.05) is 0 Å². The van der Waals surface area contributed by atoms with E-state index in [1.807, 2.05) is 13.8 Å². The van der Waals surface area contributed by atoms with E-state index in [1.54, 1.807) is 0 Å². The second-order valence-corrected chi connectivity index (χ2v) is 2.19. The Balaban J connectivity index is 4.09. The third-order valence-corrected chi connectivity index (χ3v) is 1.71. The number of rotatable bonds is 3. The summed E-state index contributed by atoms with van der Waals surface area (Å²) in [5.74, 6) is -0.132. The zero-order valence-electron chi connectivity index (χ0n) is 6.02. The normalized spacial score (nSPS) is 11.4. The highest BCUT2D eigenvalue weighted by Crippen LogP contribution is 2.20. The van der Waals surface area contributed by atoms with E-state index in [2.05, 4.69) is 6.58 Å². The number of hydrogen-bond acceptors (Lipinski definition) is 2. The van der Waals surface area contributed by atoms with E-state index in [0.29, 0.717) is 12.8 Å². The molecule has 2 heteroatoms. The molecule has 54 valence electrons. The van der Waals surface area contributed by atoms with Crippen molar-refractivity contribution in [1.29, 1.82) is 0 Å². The molecular formula is C7H14O2. The molecule has 0 spiro atoms. The summed E-state index contributed by atoms with van der Waals surface area (Å²) in [6.07, 6.45) is 1.03. The van der Waals surface area contributed by atoms with E-state index in [4.69, 9.17) is 5.11 Å². The Morgan fingerprint density at radius 1 is 1.44 bits per heavy atom. The highest BCUT2D eigenvalue weighted by Gasteiger charge is 2.25. The third kappa shape index (κ3) is 1.72. The first kappa shape index (κ1) is 8.50. The van der Waals surface area contributed by atoms with Crippen LogP contribution in [0.25, 0.3) is 0 Å². The van der Waals surface area contributed by atoms with E-state index in [9.17, 15) is 5.11 Å². The molecule has 0 saturated heterocycles. The fourth-order valence-corrected chi connectivity index (χ4v) is 0.658. The van der Waals surface area contributed by atoms with Gasteiger partial charge in [0.05, 0.1) is 0 Å². The average Bonchev–Trinajstić information content (AvgIpc) is 1.86. The molecule has 2 N–H and O–H groups in total. The SMILES string of the molecule is C=C(O)C(O)(CC)CC.